The predicted octanol–water partition coefficient (Wildman–Crippen LogP) is 4.83. The molecule has 1 aliphatic rings. The van der Waals surface area contributed by atoms with Gasteiger partial charge in [-0.25, -0.2) is 0 Å². The first kappa shape index (κ1) is 14.9. The first-order valence-electron chi connectivity index (χ1n) is 7.39. The Morgan fingerprint density at radius 2 is 2.26 bits per heavy atom. The van der Waals surface area contributed by atoms with Crippen molar-refractivity contribution in [3.05, 3.63) is 28.2 Å². The van der Waals surface area contributed by atoms with Crippen molar-refractivity contribution in [2.24, 2.45) is 0 Å². The molecule has 1 heterocycles. The summed E-state index contributed by atoms with van der Waals surface area (Å²) in [4.78, 5) is 0. The lowest BCUT2D eigenvalue weighted by Gasteiger charge is -2.29. The Hall–Kier alpha value is -0.540. The topological polar surface area (TPSA) is 21.3 Å². The first-order valence-corrected chi connectivity index (χ1v) is 8.18. The number of fused-ring (bicyclic) bond motifs is 1. The third kappa shape index (κ3) is 4.22. The number of hydrogen-bond donors (Lipinski definition) is 1. The summed E-state index contributed by atoms with van der Waals surface area (Å²) in [6, 6.07) is 7.30. The van der Waals surface area contributed by atoms with Crippen LogP contribution in [0.1, 0.15) is 57.6 Å². The third-order valence-corrected chi connectivity index (χ3v) is 4.23. The van der Waals surface area contributed by atoms with E-state index in [0.29, 0.717) is 12.1 Å². The lowest BCUT2D eigenvalue weighted by atomic mass is 9.99. The molecule has 106 valence electrons. The second-order valence-corrected chi connectivity index (χ2v) is 6.35. The van der Waals surface area contributed by atoms with Crippen LogP contribution in [-0.4, -0.2) is 12.6 Å². The summed E-state index contributed by atoms with van der Waals surface area (Å²) in [7, 11) is 0. The number of nitrogens with one attached hydrogen (secondary N) is 1. The molecule has 0 spiro atoms. The van der Waals surface area contributed by atoms with E-state index in [1.54, 1.807) is 0 Å². The van der Waals surface area contributed by atoms with Gasteiger partial charge in [0.15, 0.2) is 0 Å². The van der Waals surface area contributed by atoms with E-state index >= 15 is 0 Å². The van der Waals surface area contributed by atoms with Crippen LogP contribution in [0.4, 0.5) is 0 Å². The minimum Gasteiger partial charge on any atom is -0.493 e. The monoisotopic (exact) mass is 325 g/mol. The molecular weight excluding hydrogens is 302 g/mol. The van der Waals surface area contributed by atoms with Gasteiger partial charge in [-0.2, -0.15) is 0 Å². The Morgan fingerprint density at radius 1 is 1.42 bits per heavy atom. The average Bonchev–Trinajstić information content (AvgIpc) is 2.40. The lowest BCUT2D eigenvalue weighted by Crippen LogP contribution is -2.33. The van der Waals surface area contributed by atoms with Crippen molar-refractivity contribution >= 4 is 15.9 Å². The van der Waals surface area contributed by atoms with Gasteiger partial charge < -0.3 is 10.1 Å². The highest BCUT2D eigenvalue weighted by Gasteiger charge is 2.22. The second-order valence-electron chi connectivity index (χ2n) is 5.44. The van der Waals surface area contributed by atoms with Crippen LogP contribution in [0.25, 0.3) is 0 Å². The number of rotatable bonds is 6. The molecule has 0 amide bonds. The molecule has 1 N–H and O–H groups in total. The van der Waals surface area contributed by atoms with E-state index in [4.69, 9.17) is 4.74 Å². The van der Waals surface area contributed by atoms with E-state index in [1.165, 1.54) is 31.2 Å². The number of halogens is 1. The SMILES string of the molecule is CCCCCC(C)NC1CCOc2ccc(Br)cc21. The van der Waals surface area contributed by atoms with Gasteiger partial charge in [0, 0.05) is 28.5 Å². The van der Waals surface area contributed by atoms with Crippen molar-refractivity contribution in [1.82, 2.24) is 5.32 Å². The first-order chi connectivity index (χ1) is 9.20. The Labute approximate surface area is 125 Å². The van der Waals surface area contributed by atoms with Gasteiger partial charge in [-0.3, -0.25) is 0 Å². The molecule has 0 saturated heterocycles. The third-order valence-electron chi connectivity index (χ3n) is 3.74. The van der Waals surface area contributed by atoms with E-state index < -0.39 is 0 Å². The standard InChI is InChI=1S/C16H24BrNO/c1-3-4-5-6-12(2)18-15-9-10-19-16-8-7-13(17)11-14(15)16/h7-8,11-12,15,18H,3-6,9-10H2,1-2H3. The highest BCUT2D eigenvalue weighted by Crippen LogP contribution is 2.34. The predicted molar refractivity (Wildman–Crippen MR) is 83.7 cm³/mol. The van der Waals surface area contributed by atoms with Crippen LogP contribution in [0.3, 0.4) is 0 Å². The average molecular weight is 326 g/mol. The molecule has 2 rings (SSSR count). The van der Waals surface area contributed by atoms with Crippen LogP contribution < -0.4 is 10.1 Å². The quantitative estimate of drug-likeness (QED) is 0.756. The summed E-state index contributed by atoms with van der Waals surface area (Å²) >= 11 is 3.55. The molecule has 2 nitrogen and oxygen atoms in total. The summed E-state index contributed by atoms with van der Waals surface area (Å²) < 4.78 is 6.85. The molecule has 2 unspecified atom stereocenters. The fourth-order valence-electron chi connectivity index (χ4n) is 2.67. The Balaban J connectivity index is 1.97. The van der Waals surface area contributed by atoms with Gasteiger partial charge in [-0.05, 0) is 31.5 Å². The normalized spacial score (nSPS) is 19.6. The zero-order valence-electron chi connectivity index (χ0n) is 11.9. The number of unbranched alkanes of at least 4 members (excludes halogenated alkanes) is 2. The van der Waals surface area contributed by atoms with E-state index in [2.05, 4.69) is 47.2 Å². The molecule has 0 fully saturated rings. The highest BCUT2D eigenvalue weighted by molar-refractivity contribution is 9.10. The van der Waals surface area contributed by atoms with Crippen molar-refractivity contribution in [3.8, 4) is 5.75 Å². The fourth-order valence-corrected chi connectivity index (χ4v) is 3.04. The summed E-state index contributed by atoms with van der Waals surface area (Å²) in [5, 5.41) is 3.76. The van der Waals surface area contributed by atoms with Crippen LogP contribution in [0.5, 0.6) is 5.75 Å². The summed E-state index contributed by atoms with van der Waals surface area (Å²) in [5.41, 5.74) is 1.29. The molecule has 1 aromatic rings. The van der Waals surface area contributed by atoms with Crippen LogP contribution >= 0.6 is 15.9 Å². The molecule has 1 aliphatic heterocycles. The fraction of sp³-hybridized carbons (Fsp3) is 0.625. The van der Waals surface area contributed by atoms with E-state index in [1.807, 2.05) is 6.07 Å². The maximum absolute atomic E-state index is 5.73. The van der Waals surface area contributed by atoms with Gasteiger partial charge in [0.1, 0.15) is 5.75 Å². The Kier molecular flexibility index (Phi) is 5.71. The lowest BCUT2D eigenvalue weighted by molar-refractivity contribution is 0.243. The molecule has 0 saturated carbocycles. The molecule has 19 heavy (non-hydrogen) atoms. The van der Waals surface area contributed by atoms with Crippen molar-refractivity contribution < 1.29 is 4.74 Å². The van der Waals surface area contributed by atoms with Gasteiger partial charge in [0.25, 0.3) is 0 Å². The Bertz CT molecular complexity index is 408. The van der Waals surface area contributed by atoms with E-state index in [0.717, 1.165) is 23.2 Å². The molecule has 3 heteroatoms. The van der Waals surface area contributed by atoms with Crippen molar-refractivity contribution in [3.63, 3.8) is 0 Å². The molecular formula is C16H24BrNO. The Morgan fingerprint density at radius 3 is 3.05 bits per heavy atom. The molecule has 1 aromatic carbocycles. The molecule has 0 aromatic heterocycles. The summed E-state index contributed by atoms with van der Waals surface area (Å²) in [6.45, 7) is 5.36. The highest BCUT2D eigenvalue weighted by atomic mass is 79.9. The second kappa shape index (κ2) is 7.30. The van der Waals surface area contributed by atoms with Crippen LogP contribution in [0.2, 0.25) is 0 Å². The van der Waals surface area contributed by atoms with Gasteiger partial charge in [-0.1, -0.05) is 42.1 Å². The van der Waals surface area contributed by atoms with Gasteiger partial charge in [0.2, 0.25) is 0 Å². The molecule has 2 atom stereocenters. The van der Waals surface area contributed by atoms with Crippen LogP contribution in [-0.2, 0) is 0 Å². The zero-order valence-corrected chi connectivity index (χ0v) is 13.5. The zero-order chi connectivity index (χ0) is 13.7. The summed E-state index contributed by atoms with van der Waals surface area (Å²) in [6.07, 6.45) is 6.26. The van der Waals surface area contributed by atoms with Gasteiger partial charge in [0.05, 0.1) is 6.61 Å². The van der Waals surface area contributed by atoms with Crippen molar-refractivity contribution in [2.75, 3.05) is 6.61 Å². The molecule has 0 aliphatic carbocycles. The number of benzene rings is 1. The number of hydrogen-bond acceptors (Lipinski definition) is 2. The maximum atomic E-state index is 5.73. The van der Waals surface area contributed by atoms with Crippen molar-refractivity contribution in [1.29, 1.82) is 0 Å². The maximum Gasteiger partial charge on any atom is 0.124 e. The minimum absolute atomic E-state index is 0.429. The largest absolute Gasteiger partial charge is 0.493 e. The smallest absolute Gasteiger partial charge is 0.124 e. The molecule has 0 bridgehead atoms. The van der Waals surface area contributed by atoms with E-state index in [-0.39, 0.29) is 0 Å². The van der Waals surface area contributed by atoms with Gasteiger partial charge >= 0.3 is 0 Å². The van der Waals surface area contributed by atoms with Crippen LogP contribution in [0.15, 0.2) is 22.7 Å². The molecule has 0 radical (unpaired) electrons. The minimum atomic E-state index is 0.429. The number of ether oxygens (including phenoxy) is 1. The van der Waals surface area contributed by atoms with Gasteiger partial charge in [-0.15, -0.1) is 0 Å². The van der Waals surface area contributed by atoms with Crippen molar-refractivity contribution in [2.45, 2.75) is 58.0 Å². The van der Waals surface area contributed by atoms with Crippen LogP contribution in [0, 0.1) is 0 Å². The summed E-state index contributed by atoms with van der Waals surface area (Å²) in [5.74, 6) is 1.03. The van der Waals surface area contributed by atoms with E-state index in [9.17, 15) is 0 Å².